The van der Waals surface area contributed by atoms with E-state index in [9.17, 15) is 22.8 Å². The Morgan fingerprint density at radius 1 is 1.28 bits per heavy atom. The first-order valence-corrected chi connectivity index (χ1v) is 9.49. The van der Waals surface area contributed by atoms with Gasteiger partial charge in [0.1, 0.15) is 4.90 Å². The van der Waals surface area contributed by atoms with Crippen LogP contribution in [0.25, 0.3) is 0 Å². The third-order valence-corrected chi connectivity index (χ3v) is 6.24. The van der Waals surface area contributed by atoms with Gasteiger partial charge in [-0.2, -0.15) is 0 Å². The van der Waals surface area contributed by atoms with Crippen molar-refractivity contribution in [2.75, 3.05) is 26.7 Å². The molecule has 0 spiro atoms. The van der Waals surface area contributed by atoms with E-state index in [0.717, 1.165) is 13.0 Å². The standard InChI is InChI=1S/C16H19N3O5S/c1-18-16(22)12-6-5-11(10-13(12)25(18,23)24)15(21)17-7-3-9-19-8-2-4-14(19)20/h5-6,10H,2-4,7-9H2,1H3,(H,17,21). The van der Waals surface area contributed by atoms with E-state index in [1.165, 1.54) is 25.2 Å². The fraction of sp³-hybridized carbons (Fsp3) is 0.438. The van der Waals surface area contributed by atoms with Crippen LogP contribution in [-0.4, -0.2) is 62.0 Å². The molecule has 1 N–H and O–H groups in total. The molecule has 0 aromatic heterocycles. The average Bonchev–Trinajstić information content (AvgIpc) is 3.07. The largest absolute Gasteiger partial charge is 0.352 e. The molecule has 134 valence electrons. The Balaban J connectivity index is 1.61. The van der Waals surface area contributed by atoms with E-state index in [4.69, 9.17) is 0 Å². The van der Waals surface area contributed by atoms with E-state index in [2.05, 4.69) is 5.32 Å². The number of likely N-dealkylation sites (tertiary alicyclic amines) is 1. The molecule has 9 heteroatoms. The Kier molecular flexibility index (Phi) is 4.51. The molecule has 3 amide bonds. The highest BCUT2D eigenvalue weighted by Gasteiger charge is 2.38. The second-order valence-electron chi connectivity index (χ2n) is 6.08. The molecule has 25 heavy (non-hydrogen) atoms. The van der Waals surface area contributed by atoms with Crippen molar-refractivity contribution < 1.29 is 22.8 Å². The zero-order chi connectivity index (χ0) is 18.2. The number of fused-ring (bicyclic) bond motifs is 1. The molecule has 0 saturated carbocycles. The normalized spacial score (nSPS) is 18.6. The molecule has 3 rings (SSSR count). The number of hydrogen-bond donors (Lipinski definition) is 1. The van der Waals surface area contributed by atoms with Gasteiger partial charge >= 0.3 is 0 Å². The number of nitrogens with zero attached hydrogens (tertiary/aromatic N) is 2. The van der Waals surface area contributed by atoms with E-state index in [1.807, 2.05) is 0 Å². The fourth-order valence-corrected chi connectivity index (χ4v) is 4.32. The number of carbonyl (C=O) groups is 3. The number of rotatable bonds is 5. The van der Waals surface area contributed by atoms with Crippen LogP contribution in [0.1, 0.15) is 40.0 Å². The Morgan fingerprint density at radius 2 is 2.04 bits per heavy atom. The van der Waals surface area contributed by atoms with Crippen LogP contribution in [0.3, 0.4) is 0 Å². The first-order valence-electron chi connectivity index (χ1n) is 8.05. The minimum Gasteiger partial charge on any atom is -0.352 e. The maximum atomic E-state index is 12.2. The number of carbonyl (C=O) groups excluding carboxylic acids is 3. The summed E-state index contributed by atoms with van der Waals surface area (Å²) in [5.74, 6) is -0.867. The summed E-state index contributed by atoms with van der Waals surface area (Å²) in [6, 6.07) is 4.02. The molecule has 0 aliphatic carbocycles. The summed E-state index contributed by atoms with van der Waals surface area (Å²) in [6.07, 6.45) is 2.09. The van der Waals surface area contributed by atoms with E-state index in [1.54, 1.807) is 4.90 Å². The molecule has 0 atom stereocenters. The molecule has 2 heterocycles. The molecule has 2 aliphatic heterocycles. The van der Waals surface area contributed by atoms with E-state index < -0.39 is 21.8 Å². The Labute approximate surface area is 145 Å². The number of amides is 3. The van der Waals surface area contributed by atoms with E-state index in [0.29, 0.717) is 30.2 Å². The topological polar surface area (TPSA) is 104 Å². The van der Waals surface area contributed by atoms with Crippen LogP contribution in [0.4, 0.5) is 0 Å². The Morgan fingerprint density at radius 3 is 2.72 bits per heavy atom. The average molecular weight is 365 g/mol. The summed E-state index contributed by atoms with van der Waals surface area (Å²) in [7, 11) is -2.68. The van der Waals surface area contributed by atoms with Gasteiger partial charge in [-0.1, -0.05) is 0 Å². The summed E-state index contributed by atoms with van der Waals surface area (Å²) in [5.41, 5.74) is 0.259. The van der Waals surface area contributed by atoms with Crippen LogP contribution in [0.5, 0.6) is 0 Å². The zero-order valence-corrected chi connectivity index (χ0v) is 14.6. The molecule has 2 aliphatic rings. The number of hydrogen-bond acceptors (Lipinski definition) is 5. The molecule has 1 saturated heterocycles. The molecule has 1 aromatic rings. The minimum atomic E-state index is -3.87. The monoisotopic (exact) mass is 365 g/mol. The minimum absolute atomic E-state index is 0.0756. The highest BCUT2D eigenvalue weighted by atomic mass is 32.2. The van der Waals surface area contributed by atoms with Crippen LogP contribution >= 0.6 is 0 Å². The van der Waals surface area contributed by atoms with Gasteiger partial charge in [0, 0.05) is 38.7 Å². The second kappa shape index (κ2) is 6.47. The van der Waals surface area contributed by atoms with Gasteiger partial charge in [-0.3, -0.25) is 14.4 Å². The van der Waals surface area contributed by atoms with Gasteiger partial charge in [0.15, 0.2) is 0 Å². The summed E-state index contributed by atoms with van der Waals surface area (Å²) in [4.78, 5) is 37.2. The van der Waals surface area contributed by atoms with Crippen LogP contribution in [0.15, 0.2) is 23.1 Å². The second-order valence-corrected chi connectivity index (χ2v) is 8.02. The summed E-state index contributed by atoms with van der Waals surface area (Å²) in [5, 5.41) is 2.71. The predicted octanol–water partition coefficient (Wildman–Crippen LogP) is 0.203. The van der Waals surface area contributed by atoms with Gasteiger partial charge in [-0.05, 0) is 31.0 Å². The summed E-state index contributed by atoms with van der Waals surface area (Å²) >= 11 is 0. The number of benzene rings is 1. The molecular formula is C16H19N3O5S. The van der Waals surface area contributed by atoms with Crippen molar-refractivity contribution in [3.05, 3.63) is 29.3 Å². The maximum Gasteiger partial charge on any atom is 0.268 e. The van der Waals surface area contributed by atoms with Gasteiger partial charge in [-0.15, -0.1) is 0 Å². The Bertz CT molecular complexity index is 849. The van der Waals surface area contributed by atoms with Gasteiger partial charge in [0.05, 0.1) is 5.56 Å². The quantitative estimate of drug-likeness (QED) is 0.751. The highest BCUT2D eigenvalue weighted by Crippen LogP contribution is 2.29. The van der Waals surface area contributed by atoms with Crippen LogP contribution in [0, 0.1) is 0 Å². The summed E-state index contributed by atoms with van der Waals surface area (Å²) < 4.78 is 25.0. The maximum absolute atomic E-state index is 12.2. The lowest BCUT2D eigenvalue weighted by Gasteiger charge is -2.15. The van der Waals surface area contributed by atoms with Crippen molar-refractivity contribution in [2.24, 2.45) is 0 Å². The van der Waals surface area contributed by atoms with Gasteiger partial charge < -0.3 is 10.2 Å². The molecule has 1 fully saturated rings. The lowest BCUT2D eigenvalue weighted by molar-refractivity contribution is -0.127. The molecule has 1 aromatic carbocycles. The van der Waals surface area contributed by atoms with Crippen LogP contribution in [-0.2, 0) is 14.8 Å². The molecule has 0 radical (unpaired) electrons. The first-order chi connectivity index (χ1) is 11.8. The van der Waals surface area contributed by atoms with Gasteiger partial charge in [0.2, 0.25) is 5.91 Å². The molecule has 8 nitrogen and oxygen atoms in total. The van der Waals surface area contributed by atoms with E-state index >= 15 is 0 Å². The molecule has 0 unspecified atom stereocenters. The van der Waals surface area contributed by atoms with Gasteiger partial charge in [-0.25, -0.2) is 12.7 Å². The lowest BCUT2D eigenvalue weighted by Crippen LogP contribution is -2.30. The zero-order valence-electron chi connectivity index (χ0n) is 13.8. The van der Waals surface area contributed by atoms with E-state index in [-0.39, 0.29) is 21.9 Å². The van der Waals surface area contributed by atoms with Crippen LogP contribution < -0.4 is 5.32 Å². The van der Waals surface area contributed by atoms with Gasteiger partial charge in [0.25, 0.3) is 21.8 Å². The van der Waals surface area contributed by atoms with Crippen molar-refractivity contribution in [3.8, 4) is 0 Å². The number of nitrogens with one attached hydrogen (secondary N) is 1. The lowest BCUT2D eigenvalue weighted by atomic mass is 10.1. The first kappa shape index (κ1) is 17.4. The smallest absolute Gasteiger partial charge is 0.268 e. The fourth-order valence-electron chi connectivity index (χ4n) is 2.99. The predicted molar refractivity (Wildman–Crippen MR) is 88.5 cm³/mol. The van der Waals surface area contributed by atoms with Crippen molar-refractivity contribution >= 4 is 27.7 Å². The van der Waals surface area contributed by atoms with Crippen molar-refractivity contribution in [1.29, 1.82) is 0 Å². The molecular weight excluding hydrogens is 346 g/mol. The Hall–Kier alpha value is -2.42. The third-order valence-electron chi connectivity index (χ3n) is 4.46. The third kappa shape index (κ3) is 3.11. The van der Waals surface area contributed by atoms with Crippen molar-refractivity contribution in [3.63, 3.8) is 0 Å². The summed E-state index contributed by atoms with van der Waals surface area (Å²) in [6.45, 7) is 1.74. The highest BCUT2D eigenvalue weighted by molar-refractivity contribution is 7.90. The SMILES string of the molecule is CN1C(=O)c2ccc(C(=O)NCCCN3CCCC3=O)cc2S1(=O)=O. The molecule has 0 bridgehead atoms. The van der Waals surface area contributed by atoms with Crippen LogP contribution in [0.2, 0.25) is 0 Å². The van der Waals surface area contributed by atoms with Crippen molar-refractivity contribution in [1.82, 2.24) is 14.5 Å². The number of sulfonamides is 1. The van der Waals surface area contributed by atoms with Crippen molar-refractivity contribution in [2.45, 2.75) is 24.2 Å².